The van der Waals surface area contributed by atoms with Gasteiger partial charge in [0.2, 0.25) is 10.0 Å². The van der Waals surface area contributed by atoms with Gasteiger partial charge in [0.25, 0.3) is 0 Å². The zero-order valence-corrected chi connectivity index (χ0v) is 20.7. The molecule has 1 aliphatic heterocycles. The van der Waals surface area contributed by atoms with E-state index in [1.165, 1.54) is 12.8 Å². The largest absolute Gasteiger partial charge is 0.489 e. The van der Waals surface area contributed by atoms with E-state index in [0.717, 1.165) is 43.8 Å². The molecule has 0 unspecified atom stereocenters. The minimum atomic E-state index is -3.56. The summed E-state index contributed by atoms with van der Waals surface area (Å²) in [5.41, 5.74) is 1.05. The lowest BCUT2D eigenvalue weighted by Crippen LogP contribution is -2.41. The third kappa shape index (κ3) is 5.84. The van der Waals surface area contributed by atoms with E-state index in [1.807, 2.05) is 36.4 Å². The predicted molar refractivity (Wildman–Crippen MR) is 131 cm³/mol. The molecular weight excluding hydrogens is 444 g/mol. The van der Waals surface area contributed by atoms with Gasteiger partial charge in [-0.1, -0.05) is 43.3 Å². The maximum atomic E-state index is 13.3. The first kappa shape index (κ1) is 25.0. The average molecular weight is 479 g/mol. The van der Waals surface area contributed by atoms with Crippen LogP contribution in [-0.2, 0) is 16.6 Å². The highest BCUT2D eigenvalue weighted by Crippen LogP contribution is 2.33. The Kier molecular flexibility index (Phi) is 8.62. The standard InChI is InChI=1S/C25H34N2O3S.ClH/c1-20-13-15-27(16-14-20)23-12-11-22(17-23)26(2)31(28,29)25-10-6-9-24(18-25)30-19-21-7-4-3-5-8-21;/h3-10,18,20,22-23H,11-17,19H2,1-2H3;1H/t22-,23+;/m1./s1. The fourth-order valence-corrected chi connectivity index (χ4v) is 6.25. The highest BCUT2D eigenvalue weighted by molar-refractivity contribution is 7.89. The van der Waals surface area contributed by atoms with Gasteiger partial charge in [-0.25, -0.2) is 8.42 Å². The molecule has 7 heteroatoms. The van der Waals surface area contributed by atoms with Crippen molar-refractivity contribution in [2.75, 3.05) is 20.1 Å². The molecule has 0 aromatic heterocycles. The number of ether oxygens (including phenoxy) is 1. The van der Waals surface area contributed by atoms with Crippen LogP contribution >= 0.6 is 12.4 Å². The Balaban J connectivity index is 0.00000289. The van der Waals surface area contributed by atoms with Gasteiger partial charge in [0.1, 0.15) is 12.4 Å². The van der Waals surface area contributed by atoms with Crippen LogP contribution in [-0.4, -0.2) is 49.8 Å². The molecule has 0 spiro atoms. The van der Waals surface area contributed by atoms with Gasteiger partial charge >= 0.3 is 0 Å². The molecule has 176 valence electrons. The Hall–Kier alpha value is -1.60. The second kappa shape index (κ2) is 11.0. The Morgan fingerprint density at radius 1 is 1.00 bits per heavy atom. The number of piperidine rings is 1. The molecule has 2 aliphatic rings. The first-order valence-electron chi connectivity index (χ1n) is 11.4. The van der Waals surface area contributed by atoms with Gasteiger partial charge in [0.15, 0.2) is 0 Å². The first-order chi connectivity index (χ1) is 14.9. The SMILES string of the molecule is CC1CCN([C@H]2CC[C@@H](N(C)S(=O)(=O)c3cccc(OCc4ccccc4)c3)C2)CC1.Cl. The molecule has 0 radical (unpaired) electrons. The van der Waals surface area contributed by atoms with E-state index in [0.29, 0.717) is 23.3 Å². The maximum Gasteiger partial charge on any atom is 0.243 e. The zero-order valence-electron chi connectivity index (χ0n) is 19.0. The van der Waals surface area contributed by atoms with E-state index >= 15 is 0 Å². The summed E-state index contributed by atoms with van der Waals surface area (Å²) in [6.07, 6.45) is 5.44. The molecular formula is C25H35ClN2O3S. The van der Waals surface area contributed by atoms with Crippen LogP contribution < -0.4 is 4.74 Å². The average Bonchev–Trinajstić information content (AvgIpc) is 3.28. The normalized spacial score (nSPS) is 22.6. The molecule has 1 heterocycles. The minimum Gasteiger partial charge on any atom is -0.489 e. The quantitative estimate of drug-likeness (QED) is 0.564. The summed E-state index contributed by atoms with van der Waals surface area (Å²) in [6.45, 7) is 5.04. The van der Waals surface area contributed by atoms with E-state index in [2.05, 4.69) is 11.8 Å². The fourth-order valence-electron chi connectivity index (χ4n) is 4.82. The van der Waals surface area contributed by atoms with Crippen LogP contribution in [0.3, 0.4) is 0 Å². The molecule has 0 bridgehead atoms. The van der Waals surface area contributed by atoms with Gasteiger partial charge < -0.3 is 9.64 Å². The Morgan fingerprint density at radius 2 is 1.72 bits per heavy atom. The highest BCUT2D eigenvalue weighted by Gasteiger charge is 2.37. The van der Waals surface area contributed by atoms with Gasteiger partial charge in [-0.15, -0.1) is 12.4 Å². The van der Waals surface area contributed by atoms with Crippen LogP contribution in [0.15, 0.2) is 59.5 Å². The minimum absolute atomic E-state index is 0. The summed E-state index contributed by atoms with van der Waals surface area (Å²) in [6, 6.07) is 17.3. The molecule has 2 atom stereocenters. The number of rotatable bonds is 7. The lowest BCUT2D eigenvalue weighted by Gasteiger charge is -2.35. The summed E-state index contributed by atoms with van der Waals surface area (Å²) in [7, 11) is -1.82. The van der Waals surface area contributed by atoms with Crippen molar-refractivity contribution >= 4 is 22.4 Å². The van der Waals surface area contributed by atoms with Crippen molar-refractivity contribution in [3.05, 3.63) is 60.2 Å². The molecule has 1 saturated heterocycles. The summed E-state index contributed by atoms with van der Waals surface area (Å²) < 4.78 is 34.1. The predicted octanol–water partition coefficient (Wildman–Crippen LogP) is 4.96. The number of likely N-dealkylation sites (tertiary alicyclic amines) is 1. The maximum absolute atomic E-state index is 13.3. The first-order valence-corrected chi connectivity index (χ1v) is 12.9. The second-order valence-corrected chi connectivity index (χ2v) is 11.1. The van der Waals surface area contributed by atoms with Crippen LogP contribution in [0.2, 0.25) is 0 Å². The third-order valence-electron chi connectivity index (χ3n) is 6.96. The molecule has 4 rings (SSSR count). The Morgan fingerprint density at radius 3 is 2.44 bits per heavy atom. The number of hydrogen-bond donors (Lipinski definition) is 0. The van der Waals surface area contributed by atoms with E-state index in [4.69, 9.17) is 4.74 Å². The van der Waals surface area contributed by atoms with Gasteiger partial charge in [0, 0.05) is 25.2 Å². The van der Waals surface area contributed by atoms with Crippen LogP contribution in [0.25, 0.3) is 0 Å². The Labute approximate surface area is 199 Å². The van der Waals surface area contributed by atoms with Gasteiger partial charge in [0.05, 0.1) is 4.90 Å². The molecule has 1 aliphatic carbocycles. The molecule has 2 aromatic carbocycles. The van der Waals surface area contributed by atoms with Crippen molar-refractivity contribution in [3.63, 3.8) is 0 Å². The van der Waals surface area contributed by atoms with Crippen molar-refractivity contribution in [3.8, 4) is 5.75 Å². The molecule has 2 aromatic rings. The number of sulfonamides is 1. The third-order valence-corrected chi connectivity index (χ3v) is 8.86. The van der Waals surface area contributed by atoms with Gasteiger partial charge in [-0.2, -0.15) is 4.31 Å². The lowest BCUT2D eigenvalue weighted by atomic mass is 9.97. The number of nitrogens with zero attached hydrogens (tertiary/aromatic N) is 2. The van der Waals surface area contributed by atoms with E-state index in [1.54, 1.807) is 29.6 Å². The van der Waals surface area contributed by atoms with Crippen molar-refractivity contribution in [2.24, 2.45) is 5.92 Å². The topological polar surface area (TPSA) is 49.9 Å². The van der Waals surface area contributed by atoms with Crippen molar-refractivity contribution in [1.29, 1.82) is 0 Å². The molecule has 32 heavy (non-hydrogen) atoms. The molecule has 5 nitrogen and oxygen atoms in total. The lowest BCUT2D eigenvalue weighted by molar-refractivity contribution is 0.136. The summed E-state index contributed by atoms with van der Waals surface area (Å²) in [5.74, 6) is 1.39. The van der Waals surface area contributed by atoms with Crippen LogP contribution in [0.4, 0.5) is 0 Å². The summed E-state index contributed by atoms with van der Waals surface area (Å²) in [5, 5.41) is 0. The summed E-state index contributed by atoms with van der Waals surface area (Å²) in [4.78, 5) is 2.88. The van der Waals surface area contributed by atoms with E-state index in [9.17, 15) is 8.42 Å². The molecule has 1 saturated carbocycles. The van der Waals surface area contributed by atoms with Crippen LogP contribution in [0, 0.1) is 5.92 Å². The highest BCUT2D eigenvalue weighted by atomic mass is 35.5. The molecule has 2 fully saturated rings. The fraction of sp³-hybridized carbons (Fsp3) is 0.520. The van der Waals surface area contributed by atoms with E-state index < -0.39 is 10.0 Å². The van der Waals surface area contributed by atoms with E-state index in [-0.39, 0.29) is 18.4 Å². The van der Waals surface area contributed by atoms with Crippen molar-refractivity contribution in [2.45, 2.75) is 62.6 Å². The van der Waals surface area contributed by atoms with Gasteiger partial charge in [-0.3, -0.25) is 0 Å². The van der Waals surface area contributed by atoms with Crippen molar-refractivity contribution in [1.82, 2.24) is 9.21 Å². The van der Waals surface area contributed by atoms with Crippen molar-refractivity contribution < 1.29 is 13.2 Å². The van der Waals surface area contributed by atoms with Gasteiger partial charge in [-0.05, 0) is 68.8 Å². The Bertz CT molecular complexity index is 962. The number of halogens is 1. The number of hydrogen-bond acceptors (Lipinski definition) is 4. The monoisotopic (exact) mass is 478 g/mol. The van der Waals surface area contributed by atoms with Crippen LogP contribution in [0.1, 0.15) is 44.6 Å². The summed E-state index contributed by atoms with van der Waals surface area (Å²) >= 11 is 0. The molecule has 0 N–H and O–H groups in total. The second-order valence-electron chi connectivity index (χ2n) is 9.11. The molecule has 0 amide bonds. The number of benzene rings is 2. The zero-order chi connectivity index (χ0) is 21.8. The smallest absolute Gasteiger partial charge is 0.243 e. The van der Waals surface area contributed by atoms with Crippen LogP contribution in [0.5, 0.6) is 5.75 Å².